The van der Waals surface area contributed by atoms with Gasteiger partial charge in [-0.05, 0) is 12.8 Å². The number of esters is 1. The molecular weight excluding hydrogens is 204 g/mol. The van der Waals surface area contributed by atoms with Crippen LogP contribution in [-0.4, -0.2) is 25.3 Å². The first kappa shape index (κ1) is 13.2. The van der Waals surface area contributed by atoms with Crippen molar-refractivity contribution in [2.24, 2.45) is 0 Å². The topological polar surface area (TPSA) is 35.5 Å². The average molecular weight is 226 g/mol. The summed E-state index contributed by atoms with van der Waals surface area (Å²) in [6, 6.07) is 0. The van der Waals surface area contributed by atoms with Crippen LogP contribution in [0, 0.1) is 0 Å². The highest BCUT2D eigenvalue weighted by Crippen LogP contribution is 2.26. The molecule has 1 rings (SSSR count). The van der Waals surface area contributed by atoms with E-state index in [1.807, 2.05) is 0 Å². The third-order valence-electron chi connectivity index (χ3n) is 2.94. The van der Waals surface area contributed by atoms with Crippen molar-refractivity contribution >= 4 is 5.97 Å². The molecule has 1 heterocycles. The Morgan fingerprint density at radius 3 is 2.88 bits per heavy atom. The molecule has 0 unspecified atom stereocenters. The zero-order valence-electron chi connectivity index (χ0n) is 10.3. The molecule has 0 amide bonds. The summed E-state index contributed by atoms with van der Waals surface area (Å²) < 4.78 is 10.4. The molecule has 0 saturated carbocycles. The minimum Gasteiger partial charge on any atom is -0.467 e. The summed E-state index contributed by atoms with van der Waals surface area (Å²) in [5.74, 6) is -0.277. The number of unbranched alkanes of at least 4 members (excludes halogenated alkanes) is 2. The van der Waals surface area contributed by atoms with Crippen molar-refractivity contribution in [3.63, 3.8) is 0 Å². The van der Waals surface area contributed by atoms with Crippen LogP contribution in [0.15, 0.2) is 12.2 Å². The summed E-state index contributed by atoms with van der Waals surface area (Å²) in [5.41, 5.74) is 1.10. The normalized spacial score (nSPS) is 25.5. The Morgan fingerprint density at radius 1 is 1.50 bits per heavy atom. The van der Waals surface area contributed by atoms with Gasteiger partial charge in [0, 0.05) is 6.42 Å². The number of methoxy groups -OCH3 is 1. The van der Waals surface area contributed by atoms with Crippen LogP contribution >= 0.6 is 0 Å². The van der Waals surface area contributed by atoms with Crippen LogP contribution in [0.5, 0.6) is 0 Å². The van der Waals surface area contributed by atoms with E-state index in [0.717, 1.165) is 24.8 Å². The van der Waals surface area contributed by atoms with Crippen LogP contribution in [-0.2, 0) is 14.3 Å². The Kier molecular flexibility index (Phi) is 5.53. The van der Waals surface area contributed by atoms with Crippen molar-refractivity contribution in [1.82, 2.24) is 0 Å². The van der Waals surface area contributed by atoms with Crippen molar-refractivity contribution in [1.29, 1.82) is 0 Å². The summed E-state index contributed by atoms with van der Waals surface area (Å²) in [7, 11) is 1.40. The summed E-state index contributed by atoms with van der Waals surface area (Å²) in [4.78, 5) is 11.4. The van der Waals surface area contributed by atoms with E-state index in [0.29, 0.717) is 6.42 Å². The van der Waals surface area contributed by atoms with E-state index in [9.17, 15) is 4.79 Å². The molecule has 0 bridgehead atoms. The molecule has 0 aliphatic carbocycles. The maximum atomic E-state index is 11.4. The van der Waals surface area contributed by atoms with Crippen molar-refractivity contribution < 1.29 is 14.3 Å². The van der Waals surface area contributed by atoms with Crippen molar-refractivity contribution in [3.05, 3.63) is 12.2 Å². The first-order valence-electron chi connectivity index (χ1n) is 6.07. The highest BCUT2D eigenvalue weighted by Gasteiger charge is 2.29. The summed E-state index contributed by atoms with van der Waals surface area (Å²) in [5, 5.41) is 0. The van der Waals surface area contributed by atoms with Crippen LogP contribution in [0.3, 0.4) is 0 Å². The monoisotopic (exact) mass is 226 g/mol. The lowest BCUT2D eigenvalue weighted by atomic mass is 9.96. The van der Waals surface area contributed by atoms with Gasteiger partial charge < -0.3 is 9.47 Å². The zero-order chi connectivity index (χ0) is 12.0. The summed E-state index contributed by atoms with van der Waals surface area (Å²) in [6.45, 7) is 6.15. The number of hydrogen-bond donors (Lipinski definition) is 0. The third-order valence-corrected chi connectivity index (χ3v) is 2.94. The van der Waals surface area contributed by atoms with Crippen LogP contribution in [0.4, 0.5) is 0 Å². The second kappa shape index (κ2) is 6.69. The molecular formula is C13H22O3. The predicted molar refractivity (Wildman–Crippen MR) is 63.2 cm³/mol. The fourth-order valence-corrected chi connectivity index (χ4v) is 2.06. The molecule has 2 atom stereocenters. The van der Waals surface area contributed by atoms with Crippen LogP contribution in [0.2, 0.25) is 0 Å². The first-order valence-corrected chi connectivity index (χ1v) is 6.07. The number of carbonyl (C=O) groups excluding carboxylic acids is 1. The molecule has 1 aliphatic rings. The van der Waals surface area contributed by atoms with Gasteiger partial charge >= 0.3 is 5.97 Å². The maximum Gasteiger partial charge on any atom is 0.335 e. The molecule has 0 N–H and O–H groups in total. The molecule has 1 fully saturated rings. The predicted octanol–water partition coefficient (Wildman–Crippen LogP) is 2.84. The Labute approximate surface area is 97.8 Å². The maximum absolute atomic E-state index is 11.4. The zero-order valence-corrected chi connectivity index (χ0v) is 10.3. The smallest absolute Gasteiger partial charge is 0.335 e. The van der Waals surface area contributed by atoms with E-state index in [-0.39, 0.29) is 12.1 Å². The van der Waals surface area contributed by atoms with Gasteiger partial charge in [0.15, 0.2) is 6.10 Å². The molecule has 16 heavy (non-hydrogen) atoms. The van der Waals surface area contributed by atoms with E-state index >= 15 is 0 Å². The fraction of sp³-hybridized carbons (Fsp3) is 0.769. The molecule has 92 valence electrons. The molecule has 0 aromatic rings. The lowest BCUT2D eigenvalue weighted by Gasteiger charge is -2.30. The minimum atomic E-state index is -0.433. The Bertz CT molecular complexity index is 248. The lowest BCUT2D eigenvalue weighted by Crippen LogP contribution is -2.35. The number of ether oxygens (including phenoxy) is 2. The van der Waals surface area contributed by atoms with Gasteiger partial charge in [-0.3, -0.25) is 0 Å². The van der Waals surface area contributed by atoms with Gasteiger partial charge in [0.05, 0.1) is 13.2 Å². The Hall–Kier alpha value is -0.830. The molecule has 3 heteroatoms. The van der Waals surface area contributed by atoms with Gasteiger partial charge in [-0.15, -0.1) is 0 Å². The van der Waals surface area contributed by atoms with E-state index in [2.05, 4.69) is 13.5 Å². The van der Waals surface area contributed by atoms with Crippen molar-refractivity contribution in [2.75, 3.05) is 7.11 Å². The quantitative estimate of drug-likeness (QED) is 0.411. The highest BCUT2D eigenvalue weighted by molar-refractivity contribution is 5.75. The highest BCUT2D eigenvalue weighted by atomic mass is 16.6. The van der Waals surface area contributed by atoms with Gasteiger partial charge in [-0.1, -0.05) is 38.3 Å². The summed E-state index contributed by atoms with van der Waals surface area (Å²) >= 11 is 0. The van der Waals surface area contributed by atoms with Gasteiger partial charge in [-0.2, -0.15) is 0 Å². The van der Waals surface area contributed by atoms with Gasteiger partial charge in [-0.25, -0.2) is 4.79 Å². The fourth-order valence-electron chi connectivity index (χ4n) is 2.06. The number of rotatable bonds is 5. The molecule has 1 aliphatic heterocycles. The van der Waals surface area contributed by atoms with Gasteiger partial charge in [0.1, 0.15) is 0 Å². The second-order valence-electron chi connectivity index (χ2n) is 4.42. The molecule has 3 nitrogen and oxygen atoms in total. The Morgan fingerprint density at radius 2 is 2.25 bits per heavy atom. The van der Waals surface area contributed by atoms with E-state index in [4.69, 9.17) is 9.47 Å². The first-order chi connectivity index (χ1) is 7.67. The molecule has 0 radical (unpaired) electrons. The second-order valence-corrected chi connectivity index (χ2v) is 4.42. The molecule has 0 aromatic heterocycles. The Balaban J connectivity index is 2.41. The van der Waals surface area contributed by atoms with Crippen molar-refractivity contribution in [3.8, 4) is 0 Å². The number of carbonyl (C=O) groups is 1. The van der Waals surface area contributed by atoms with Crippen LogP contribution < -0.4 is 0 Å². The van der Waals surface area contributed by atoms with E-state index < -0.39 is 6.10 Å². The number of hydrogen-bond acceptors (Lipinski definition) is 3. The minimum absolute atomic E-state index is 0.150. The van der Waals surface area contributed by atoms with Gasteiger partial charge in [0.25, 0.3) is 0 Å². The lowest BCUT2D eigenvalue weighted by molar-refractivity contribution is -0.160. The van der Waals surface area contributed by atoms with Gasteiger partial charge in [0.2, 0.25) is 0 Å². The van der Waals surface area contributed by atoms with Crippen molar-refractivity contribution in [2.45, 2.75) is 57.7 Å². The molecule has 0 spiro atoms. The van der Waals surface area contributed by atoms with Crippen LogP contribution in [0.1, 0.15) is 45.4 Å². The standard InChI is InChI=1S/C13H22O3/c1-4-5-6-7-11-8-10(2)9-12(16-11)13(14)15-3/h11-12H,2,4-9H2,1,3H3/t11-,12-/m1/s1. The average Bonchev–Trinajstić information content (AvgIpc) is 2.27. The van der Waals surface area contributed by atoms with Crippen LogP contribution in [0.25, 0.3) is 0 Å². The summed E-state index contributed by atoms with van der Waals surface area (Å²) in [6.07, 6.45) is 5.80. The third kappa shape index (κ3) is 3.97. The molecule has 1 saturated heterocycles. The van der Waals surface area contributed by atoms with E-state index in [1.54, 1.807) is 0 Å². The molecule has 0 aromatic carbocycles. The SMILES string of the molecule is C=C1C[C@@H](CCCCC)O[C@@H](C(=O)OC)C1. The largest absolute Gasteiger partial charge is 0.467 e. The van der Waals surface area contributed by atoms with E-state index in [1.165, 1.54) is 20.0 Å².